The average molecular weight is 757 g/mol. The molecule has 1 aliphatic heterocycles. The van der Waals surface area contributed by atoms with Crippen molar-refractivity contribution in [2.75, 3.05) is 19.8 Å². The Bertz CT molecular complexity index is 1820. The second kappa shape index (κ2) is 22.7. The first-order valence-electron chi connectivity index (χ1n) is 19.1. The van der Waals surface area contributed by atoms with Gasteiger partial charge in [0.1, 0.15) is 24.4 Å². The van der Waals surface area contributed by atoms with Crippen molar-refractivity contribution in [3.05, 3.63) is 204 Å². The molecule has 0 radical (unpaired) electrons. The monoisotopic (exact) mass is 756 g/mol. The molecular formula is C48H52O8. The van der Waals surface area contributed by atoms with Crippen LogP contribution < -0.4 is 0 Å². The third kappa shape index (κ3) is 13.2. The van der Waals surface area contributed by atoms with E-state index in [0.717, 1.165) is 33.4 Å². The summed E-state index contributed by atoms with van der Waals surface area (Å²) >= 11 is 0. The van der Waals surface area contributed by atoms with E-state index in [1.165, 1.54) is 0 Å². The molecule has 292 valence electrons. The van der Waals surface area contributed by atoms with Gasteiger partial charge in [-0.15, -0.1) is 0 Å². The molecule has 0 aliphatic carbocycles. The van der Waals surface area contributed by atoms with E-state index in [-0.39, 0.29) is 13.2 Å². The highest BCUT2D eigenvalue weighted by Gasteiger charge is 2.49. The van der Waals surface area contributed by atoms with Crippen molar-refractivity contribution in [1.82, 2.24) is 0 Å². The minimum Gasteiger partial charge on any atom is -0.372 e. The molecule has 0 saturated carbocycles. The second-order valence-electron chi connectivity index (χ2n) is 13.6. The zero-order valence-electron chi connectivity index (χ0n) is 31.8. The van der Waals surface area contributed by atoms with Gasteiger partial charge in [0.2, 0.25) is 0 Å². The van der Waals surface area contributed by atoms with Crippen LogP contribution in [0.25, 0.3) is 0 Å². The Labute approximate surface area is 331 Å². The Morgan fingerprint density at radius 2 is 0.911 bits per heavy atom. The van der Waals surface area contributed by atoms with Crippen LogP contribution in [0.1, 0.15) is 27.8 Å². The van der Waals surface area contributed by atoms with Gasteiger partial charge in [0.05, 0.1) is 52.9 Å². The van der Waals surface area contributed by atoms with Crippen LogP contribution in [0, 0.1) is 0 Å². The van der Waals surface area contributed by atoms with Crippen molar-refractivity contribution in [2.45, 2.75) is 70.0 Å². The van der Waals surface area contributed by atoms with Crippen LogP contribution in [0.5, 0.6) is 0 Å². The molecule has 0 bridgehead atoms. The van der Waals surface area contributed by atoms with Crippen LogP contribution in [0.2, 0.25) is 0 Å². The molecule has 0 amide bonds. The van der Waals surface area contributed by atoms with Crippen LogP contribution in [0.3, 0.4) is 0 Å². The van der Waals surface area contributed by atoms with E-state index < -0.39 is 37.0 Å². The third-order valence-electron chi connectivity index (χ3n) is 9.19. The van der Waals surface area contributed by atoms with Gasteiger partial charge in [-0.05, 0) is 39.5 Å². The maximum atomic E-state index is 6.82. The number of hydrogen-bond donors (Lipinski definition) is 0. The third-order valence-corrected chi connectivity index (χ3v) is 9.19. The molecule has 1 aliphatic rings. The average Bonchev–Trinajstić information content (AvgIpc) is 3.25. The van der Waals surface area contributed by atoms with Gasteiger partial charge >= 0.3 is 0 Å². The number of benzene rings is 5. The maximum absolute atomic E-state index is 6.82. The quantitative estimate of drug-likeness (QED) is 0.0483. The molecule has 6 atom stereocenters. The van der Waals surface area contributed by atoms with Crippen molar-refractivity contribution < 1.29 is 37.9 Å². The largest absolute Gasteiger partial charge is 0.372 e. The van der Waals surface area contributed by atoms with Crippen molar-refractivity contribution >= 4 is 0 Å². The molecule has 1 unspecified atom stereocenters. The summed E-state index contributed by atoms with van der Waals surface area (Å²) < 4.78 is 51.9. The fourth-order valence-corrected chi connectivity index (χ4v) is 6.27. The van der Waals surface area contributed by atoms with Crippen molar-refractivity contribution in [3.8, 4) is 0 Å². The molecule has 0 spiro atoms. The smallest absolute Gasteiger partial charge is 0.187 e. The van der Waals surface area contributed by atoms with Crippen LogP contribution in [-0.4, -0.2) is 56.8 Å². The fraction of sp³-hybridized carbons (Fsp3) is 0.292. The highest BCUT2D eigenvalue weighted by Crippen LogP contribution is 2.32. The lowest BCUT2D eigenvalue weighted by Crippen LogP contribution is -2.62. The van der Waals surface area contributed by atoms with Gasteiger partial charge in [0, 0.05) is 0 Å². The highest BCUT2D eigenvalue weighted by molar-refractivity contribution is 5.17. The van der Waals surface area contributed by atoms with E-state index in [9.17, 15) is 0 Å². The van der Waals surface area contributed by atoms with Gasteiger partial charge < -0.3 is 37.9 Å². The normalized spacial score (nSPS) is 20.0. The topological polar surface area (TPSA) is 73.8 Å². The Morgan fingerprint density at radius 3 is 1.38 bits per heavy atom. The molecule has 56 heavy (non-hydrogen) atoms. The molecule has 5 aromatic carbocycles. The predicted octanol–water partition coefficient (Wildman–Crippen LogP) is 9.00. The van der Waals surface area contributed by atoms with Gasteiger partial charge in [-0.1, -0.05) is 165 Å². The lowest BCUT2D eigenvalue weighted by molar-refractivity contribution is -0.333. The summed E-state index contributed by atoms with van der Waals surface area (Å²) in [4.78, 5) is 0. The predicted molar refractivity (Wildman–Crippen MR) is 216 cm³/mol. The van der Waals surface area contributed by atoms with Crippen LogP contribution in [-0.2, 0) is 70.9 Å². The standard InChI is InChI=1S/C48H52O8/c1-3-44(50-30-37(2)29-49-31-38-19-9-4-10-20-38)51-36-43-45(52-32-39-21-11-5-12-22-39)46(53-33-40-23-13-6-14-24-40)47(54-34-41-25-15-7-16-26-41)48(56-43)55-35-42-27-17-8-18-28-42/h3-28,43-48H,1-2,29-36H2/t43-,44?,45-,46+,47-,48-/m1/s1. The maximum Gasteiger partial charge on any atom is 0.187 e. The molecular weight excluding hydrogens is 705 g/mol. The van der Waals surface area contributed by atoms with E-state index in [4.69, 9.17) is 37.9 Å². The minimum absolute atomic E-state index is 0.0922. The summed E-state index contributed by atoms with van der Waals surface area (Å²) in [5.74, 6) is 0. The molecule has 6 rings (SSSR count). The molecule has 1 saturated heterocycles. The molecule has 0 aromatic heterocycles. The second-order valence-corrected chi connectivity index (χ2v) is 13.6. The lowest BCUT2D eigenvalue weighted by Gasteiger charge is -2.46. The Hall–Kier alpha value is -4.74. The number of ether oxygens (including phenoxy) is 8. The molecule has 1 heterocycles. The van der Waals surface area contributed by atoms with E-state index in [1.807, 2.05) is 152 Å². The first kappa shape index (κ1) is 40.9. The van der Waals surface area contributed by atoms with E-state index >= 15 is 0 Å². The van der Waals surface area contributed by atoms with Gasteiger partial charge in [0.25, 0.3) is 0 Å². The number of rotatable bonds is 23. The Morgan fingerprint density at radius 1 is 0.500 bits per heavy atom. The molecule has 1 fully saturated rings. The van der Waals surface area contributed by atoms with Crippen molar-refractivity contribution in [2.24, 2.45) is 0 Å². The summed E-state index contributed by atoms with van der Waals surface area (Å²) in [6.07, 6.45) is -2.50. The van der Waals surface area contributed by atoms with E-state index in [2.05, 4.69) is 13.2 Å². The van der Waals surface area contributed by atoms with E-state index in [0.29, 0.717) is 39.6 Å². The van der Waals surface area contributed by atoms with Crippen LogP contribution >= 0.6 is 0 Å². The Kier molecular flexibility index (Phi) is 16.6. The lowest BCUT2D eigenvalue weighted by atomic mass is 9.97. The van der Waals surface area contributed by atoms with Gasteiger partial charge in [-0.2, -0.15) is 0 Å². The zero-order chi connectivity index (χ0) is 38.6. The fourth-order valence-electron chi connectivity index (χ4n) is 6.27. The van der Waals surface area contributed by atoms with Crippen molar-refractivity contribution in [1.29, 1.82) is 0 Å². The summed E-state index contributed by atoms with van der Waals surface area (Å²) in [5.41, 5.74) is 5.92. The van der Waals surface area contributed by atoms with Gasteiger partial charge in [-0.3, -0.25) is 0 Å². The summed E-state index contributed by atoms with van der Waals surface area (Å²) in [6.45, 7) is 10.5. The molecule has 8 heteroatoms. The highest BCUT2D eigenvalue weighted by atomic mass is 16.7. The molecule has 5 aromatic rings. The summed E-state index contributed by atoms with van der Waals surface area (Å²) in [6, 6.07) is 50.1. The van der Waals surface area contributed by atoms with Gasteiger partial charge in [-0.25, -0.2) is 0 Å². The van der Waals surface area contributed by atoms with Crippen LogP contribution in [0.15, 0.2) is 176 Å². The SMILES string of the molecule is C=CC(OCC(=C)COCc1ccccc1)OC[C@H]1O[C@@H](OCc2ccccc2)[C@H](OCc2ccccc2)[C@@H](OCc2ccccc2)[C@@H]1OCc1ccccc1. The number of hydrogen-bond acceptors (Lipinski definition) is 8. The summed E-state index contributed by atoms with van der Waals surface area (Å²) in [7, 11) is 0. The van der Waals surface area contributed by atoms with Crippen molar-refractivity contribution in [3.63, 3.8) is 0 Å². The first-order chi connectivity index (χ1) is 27.6. The molecule has 0 N–H and O–H groups in total. The van der Waals surface area contributed by atoms with Gasteiger partial charge in [0.15, 0.2) is 12.6 Å². The van der Waals surface area contributed by atoms with Crippen LogP contribution in [0.4, 0.5) is 0 Å². The summed E-state index contributed by atoms with van der Waals surface area (Å²) in [5, 5.41) is 0. The zero-order valence-corrected chi connectivity index (χ0v) is 31.8. The first-order valence-corrected chi connectivity index (χ1v) is 19.1. The molecule has 8 nitrogen and oxygen atoms in total. The van der Waals surface area contributed by atoms with E-state index in [1.54, 1.807) is 6.08 Å². The minimum atomic E-state index is -0.825. The Balaban J connectivity index is 1.21.